The smallest absolute Gasteiger partial charge is 0.170 e. The first-order chi connectivity index (χ1) is 10.4. The van der Waals surface area contributed by atoms with Crippen LogP contribution in [0.3, 0.4) is 0 Å². The van der Waals surface area contributed by atoms with Gasteiger partial charge in [-0.2, -0.15) is 0 Å². The van der Waals surface area contributed by atoms with Crippen LogP contribution >= 0.6 is 12.2 Å². The van der Waals surface area contributed by atoms with E-state index in [0.717, 1.165) is 38.5 Å². The van der Waals surface area contributed by atoms with E-state index < -0.39 is 0 Å². The van der Waals surface area contributed by atoms with Gasteiger partial charge in [0.1, 0.15) is 0 Å². The molecule has 0 radical (unpaired) electrons. The fraction of sp³-hybridized carbons (Fsp3) is 0.588. The summed E-state index contributed by atoms with van der Waals surface area (Å²) in [4.78, 5) is 2.45. The van der Waals surface area contributed by atoms with Crippen LogP contribution in [0.2, 0.25) is 0 Å². The molecule has 1 aliphatic heterocycles. The predicted molar refractivity (Wildman–Crippen MR) is 96.6 cm³/mol. The highest BCUT2D eigenvalue weighted by Crippen LogP contribution is 2.16. The molecule has 0 aliphatic carbocycles. The van der Waals surface area contributed by atoms with Crippen LogP contribution in [0.1, 0.15) is 25.0 Å². The normalized spacial score (nSPS) is 16.4. The van der Waals surface area contributed by atoms with Gasteiger partial charge in [0.05, 0.1) is 13.2 Å². The number of nitrogens with one attached hydrogen (secondary N) is 2. The Morgan fingerprint density at radius 1 is 1.18 bits per heavy atom. The number of hydrogen-bond donors (Lipinski definition) is 2. The van der Waals surface area contributed by atoms with Crippen LogP contribution < -0.4 is 10.6 Å². The minimum absolute atomic E-state index is 0.0536. The lowest BCUT2D eigenvalue weighted by molar-refractivity contribution is -0.00823. The minimum atomic E-state index is 0.0536. The molecular formula is C17H27N3OS. The average Bonchev–Trinajstić information content (AvgIpc) is 2.45. The highest BCUT2D eigenvalue weighted by molar-refractivity contribution is 7.80. The van der Waals surface area contributed by atoms with Crippen molar-refractivity contribution in [1.82, 2.24) is 10.2 Å². The molecule has 4 nitrogen and oxygen atoms in total. The second kappa shape index (κ2) is 7.40. The van der Waals surface area contributed by atoms with E-state index in [2.05, 4.69) is 61.4 Å². The van der Waals surface area contributed by atoms with Gasteiger partial charge in [0.2, 0.25) is 0 Å². The topological polar surface area (TPSA) is 36.5 Å². The molecule has 5 heteroatoms. The maximum Gasteiger partial charge on any atom is 0.170 e. The summed E-state index contributed by atoms with van der Waals surface area (Å²) >= 11 is 5.43. The summed E-state index contributed by atoms with van der Waals surface area (Å²) in [5.74, 6) is 0. The molecule has 22 heavy (non-hydrogen) atoms. The van der Waals surface area contributed by atoms with Crippen molar-refractivity contribution in [2.24, 2.45) is 0 Å². The Bertz CT molecular complexity index is 504. The van der Waals surface area contributed by atoms with Gasteiger partial charge in [-0.25, -0.2) is 0 Å². The molecule has 122 valence electrons. The van der Waals surface area contributed by atoms with Crippen LogP contribution in [-0.4, -0.2) is 48.4 Å². The van der Waals surface area contributed by atoms with Crippen molar-refractivity contribution in [2.75, 3.05) is 38.2 Å². The summed E-state index contributed by atoms with van der Waals surface area (Å²) in [6.45, 7) is 13.1. The molecule has 2 rings (SSSR count). The van der Waals surface area contributed by atoms with E-state index >= 15 is 0 Å². The van der Waals surface area contributed by atoms with Crippen molar-refractivity contribution >= 4 is 23.0 Å². The van der Waals surface area contributed by atoms with Crippen molar-refractivity contribution < 1.29 is 4.74 Å². The number of ether oxygens (including phenoxy) is 1. The van der Waals surface area contributed by atoms with E-state index in [4.69, 9.17) is 17.0 Å². The van der Waals surface area contributed by atoms with E-state index in [-0.39, 0.29) is 5.54 Å². The van der Waals surface area contributed by atoms with Gasteiger partial charge in [-0.1, -0.05) is 6.07 Å². The first kappa shape index (κ1) is 17.2. The Labute approximate surface area is 139 Å². The fourth-order valence-electron chi connectivity index (χ4n) is 2.80. The molecule has 1 aromatic carbocycles. The number of nitrogens with zero attached hydrogens (tertiary/aromatic N) is 1. The number of thiocarbonyl (C=S) groups is 1. The Hall–Kier alpha value is -1.17. The van der Waals surface area contributed by atoms with Gasteiger partial charge in [0.15, 0.2) is 5.11 Å². The van der Waals surface area contributed by atoms with Crippen molar-refractivity contribution in [2.45, 2.75) is 33.2 Å². The van der Waals surface area contributed by atoms with Crippen LogP contribution in [0.5, 0.6) is 0 Å². The van der Waals surface area contributed by atoms with E-state index in [1.165, 1.54) is 11.1 Å². The molecule has 0 unspecified atom stereocenters. The number of benzene rings is 1. The zero-order chi connectivity index (χ0) is 16.2. The Morgan fingerprint density at radius 2 is 1.77 bits per heavy atom. The van der Waals surface area contributed by atoms with E-state index in [1.54, 1.807) is 0 Å². The fourth-order valence-corrected chi connectivity index (χ4v) is 2.99. The van der Waals surface area contributed by atoms with Gasteiger partial charge in [0, 0.05) is 30.9 Å². The Balaban J connectivity index is 1.86. The molecule has 0 atom stereocenters. The largest absolute Gasteiger partial charge is 0.379 e. The standard InChI is InChI=1S/C17H27N3OS/c1-13-9-14(2)11-15(10-13)19-16(22)18-12-17(3,4)20-5-7-21-8-6-20/h9-11H,5-8,12H2,1-4H3,(H2,18,19,22). The van der Waals surface area contributed by atoms with Crippen LogP contribution in [-0.2, 0) is 4.74 Å². The van der Waals surface area contributed by atoms with Gasteiger partial charge >= 0.3 is 0 Å². The number of aryl methyl sites for hydroxylation is 2. The third kappa shape index (κ3) is 4.93. The molecule has 0 saturated carbocycles. The van der Waals surface area contributed by atoms with Crippen LogP contribution in [0.15, 0.2) is 18.2 Å². The van der Waals surface area contributed by atoms with Crippen LogP contribution in [0.4, 0.5) is 5.69 Å². The second-order valence-electron chi connectivity index (χ2n) is 6.60. The number of anilines is 1. The van der Waals surface area contributed by atoms with Crippen molar-refractivity contribution in [3.8, 4) is 0 Å². The van der Waals surface area contributed by atoms with Gasteiger partial charge in [-0.05, 0) is 63.2 Å². The van der Waals surface area contributed by atoms with E-state index in [9.17, 15) is 0 Å². The summed E-state index contributed by atoms with van der Waals surface area (Å²) in [5.41, 5.74) is 3.56. The van der Waals surface area contributed by atoms with Crippen LogP contribution in [0, 0.1) is 13.8 Å². The molecule has 1 heterocycles. The molecule has 1 aliphatic rings. The molecule has 0 amide bonds. The van der Waals surface area contributed by atoms with Crippen LogP contribution in [0.25, 0.3) is 0 Å². The van der Waals surface area contributed by atoms with E-state index in [1.807, 2.05) is 0 Å². The average molecular weight is 321 g/mol. The lowest BCUT2D eigenvalue weighted by Gasteiger charge is -2.41. The molecule has 0 bridgehead atoms. The summed E-state index contributed by atoms with van der Waals surface area (Å²) in [7, 11) is 0. The van der Waals surface area contributed by atoms with Gasteiger partial charge in [-0.3, -0.25) is 4.90 Å². The molecule has 0 spiro atoms. The quantitative estimate of drug-likeness (QED) is 0.834. The first-order valence-corrected chi connectivity index (χ1v) is 8.23. The van der Waals surface area contributed by atoms with Gasteiger partial charge < -0.3 is 15.4 Å². The number of hydrogen-bond acceptors (Lipinski definition) is 3. The third-order valence-corrected chi connectivity index (χ3v) is 4.27. The molecule has 1 aromatic rings. The summed E-state index contributed by atoms with van der Waals surface area (Å²) in [6.07, 6.45) is 0. The van der Waals surface area contributed by atoms with Gasteiger partial charge in [-0.15, -0.1) is 0 Å². The first-order valence-electron chi connectivity index (χ1n) is 7.83. The lowest BCUT2D eigenvalue weighted by atomic mass is 10.0. The Morgan fingerprint density at radius 3 is 2.36 bits per heavy atom. The third-order valence-electron chi connectivity index (χ3n) is 4.03. The second-order valence-corrected chi connectivity index (χ2v) is 7.00. The lowest BCUT2D eigenvalue weighted by Crippen LogP contribution is -2.55. The molecule has 1 fully saturated rings. The monoisotopic (exact) mass is 321 g/mol. The number of rotatable bonds is 4. The maximum atomic E-state index is 5.43. The zero-order valence-electron chi connectivity index (χ0n) is 14.0. The molecular weight excluding hydrogens is 294 g/mol. The van der Waals surface area contributed by atoms with Crippen molar-refractivity contribution in [3.05, 3.63) is 29.3 Å². The van der Waals surface area contributed by atoms with Gasteiger partial charge in [0.25, 0.3) is 0 Å². The zero-order valence-corrected chi connectivity index (χ0v) is 14.8. The summed E-state index contributed by atoms with van der Waals surface area (Å²) in [5, 5.41) is 7.29. The summed E-state index contributed by atoms with van der Waals surface area (Å²) < 4.78 is 5.42. The minimum Gasteiger partial charge on any atom is -0.379 e. The van der Waals surface area contributed by atoms with E-state index in [0.29, 0.717) is 5.11 Å². The molecule has 1 saturated heterocycles. The molecule has 2 N–H and O–H groups in total. The SMILES string of the molecule is Cc1cc(C)cc(NC(=S)NCC(C)(C)N2CCOCC2)c1. The number of morpholine rings is 1. The van der Waals surface area contributed by atoms with Crippen molar-refractivity contribution in [1.29, 1.82) is 0 Å². The highest BCUT2D eigenvalue weighted by atomic mass is 32.1. The highest BCUT2D eigenvalue weighted by Gasteiger charge is 2.28. The van der Waals surface area contributed by atoms with Crippen molar-refractivity contribution in [3.63, 3.8) is 0 Å². The molecule has 0 aromatic heterocycles. The summed E-state index contributed by atoms with van der Waals surface area (Å²) in [6, 6.07) is 6.37. The maximum absolute atomic E-state index is 5.43. The predicted octanol–water partition coefficient (Wildman–Crippen LogP) is 2.70. The Kier molecular flexibility index (Phi) is 5.78.